The Bertz CT molecular complexity index is 349. The molecule has 0 aliphatic heterocycles. The summed E-state index contributed by atoms with van der Waals surface area (Å²) in [7, 11) is 0. The van der Waals surface area contributed by atoms with Gasteiger partial charge in [-0.05, 0) is 5.92 Å². The van der Waals surface area contributed by atoms with Gasteiger partial charge in [-0.1, -0.05) is 32.0 Å². The Morgan fingerprint density at radius 3 is 2.53 bits per heavy atom. The number of nitrogens with zero attached hydrogens (tertiary/aromatic N) is 1. The average Bonchev–Trinajstić information content (AvgIpc) is 2.18. The molecule has 1 aromatic rings. The molecule has 1 aromatic carbocycles. The molecule has 4 heteroatoms. The number of benzene rings is 1. The normalized spacial score (nSPS) is 12.8. The fourth-order valence-electron chi connectivity index (χ4n) is 1.32. The van der Waals surface area contributed by atoms with Crippen LogP contribution in [0.2, 0.25) is 0 Å². The summed E-state index contributed by atoms with van der Waals surface area (Å²) in [6, 6.07) is 6.52. The van der Waals surface area contributed by atoms with Gasteiger partial charge in [0.25, 0.3) is 5.69 Å². The Morgan fingerprint density at radius 2 is 2.00 bits per heavy atom. The van der Waals surface area contributed by atoms with Gasteiger partial charge < -0.3 is 5.11 Å². The fraction of sp³-hybridized carbons (Fsp3) is 0.455. The Hall–Kier alpha value is -1.42. The molecule has 1 unspecified atom stereocenters. The predicted molar refractivity (Wildman–Crippen MR) is 57.6 cm³/mol. The van der Waals surface area contributed by atoms with Crippen LogP contribution in [0.5, 0.6) is 0 Å². The standard InChI is InChI=1S/C11H15NO3/c1-8(2)11(13)7-9-5-3-4-6-10(9)12(14)15/h3-6,8,11,13H,7H2,1-2H3. The average molecular weight is 209 g/mol. The van der Waals surface area contributed by atoms with Gasteiger partial charge in [0, 0.05) is 18.1 Å². The van der Waals surface area contributed by atoms with E-state index in [0.717, 1.165) is 0 Å². The van der Waals surface area contributed by atoms with Gasteiger partial charge in [0.2, 0.25) is 0 Å². The number of rotatable bonds is 4. The van der Waals surface area contributed by atoms with Crippen LogP contribution in [-0.4, -0.2) is 16.1 Å². The van der Waals surface area contributed by atoms with Crippen LogP contribution >= 0.6 is 0 Å². The van der Waals surface area contributed by atoms with Crippen LogP contribution in [0.1, 0.15) is 19.4 Å². The van der Waals surface area contributed by atoms with Gasteiger partial charge in [0.15, 0.2) is 0 Å². The maximum Gasteiger partial charge on any atom is 0.272 e. The highest BCUT2D eigenvalue weighted by Gasteiger charge is 2.17. The van der Waals surface area contributed by atoms with Gasteiger partial charge in [-0.25, -0.2) is 0 Å². The van der Waals surface area contributed by atoms with Gasteiger partial charge in [-0.2, -0.15) is 0 Å². The van der Waals surface area contributed by atoms with Crippen LogP contribution in [0, 0.1) is 16.0 Å². The van der Waals surface area contributed by atoms with Crippen LogP contribution in [0.15, 0.2) is 24.3 Å². The monoisotopic (exact) mass is 209 g/mol. The molecule has 15 heavy (non-hydrogen) atoms. The van der Waals surface area contributed by atoms with Crippen LogP contribution in [0.4, 0.5) is 5.69 Å². The number of para-hydroxylation sites is 1. The Kier molecular flexibility index (Phi) is 3.80. The molecule has 0 fully saturated rings. The van der Waals surface area contributed by atoms with Crippen molar-refractivity contribution in [2.45, 2.75) is 26.4 Å². The predicted octanol–water partition coefficient (Wildman–Crippen LogP) is 2.15. The van der Waals surface area contributed by atoms with E-state index in [-0.39, 0.29) is 11.6 Å². The summed E-state index contributed by atoms with van der Waals surface area (Å²) in [5.41, 5.74) is 0.668. The Labute approximate surface area is 88.7 Å². The van der Waals surface area contributed by atoms with Crippen molar-refractivity contribution in [2.24, 2.45) is 5.92 Å². The molecule has 0 saturated carbocycles. The smallest absolute Gasteiger partial charge is 0.272 e. The number of hydrogen-bond acceptors (Lipinski definition) is 3. The topological polar surface area (TPSA) is 63.4 Å². The molecule has 1 rings (SSSR count). The fourth-order valence-corrected chi connectivity index (χ4v) is 1.32. The second kappa shape index (κ2) is 4.89. The quantitative estimate of drug-likeness (QED) is 0.610. The SMILES string of the molecule is CC(C)C(O)Cc1ccccc1[N+](=O)[O-]. The van der Waals surface area contributed by atoms with E-state index in [2.05, 4.69) is 0 Å². The minimum atomic E-state index is -0.536. The molecule has 4 nitrogen and oxygen atoms in total. The minimum Gasteiger partial charge on any atom is -0.393 e. The van der Waals surface area contributed by atoms with Gasteiger partial charge >= 0.3 is 0 Å². The molecule has 0 amide bonds. The first kappa shape index (κ1) is 11.7. The number of nitro groups is 1. The largest absolute Gasteiger partial charge is 0.393 e. The molecule has 1 N–H and O–H groups in total. The van der Waals surface area contributed by atoms with Crippen LogP contribution in [0.25, 0.3) is 0 Å². The van der Waals surface area contributed by atoms with Crippen molar-refractivity contribution >= 4 is 5.69 Å². The van der Waals surface area contributed by atoms with E-state index < -0.39 is 11.0 Å². The minimum absolute atomic E-state index is 0.0807. The van der Waals surface area contributed by atoms with Crippen molar-refractivity contribution in [1.29, 1.82) is 0 Å². The van der Waals surface area contributed by atoms with Gasteiger partial charge in [0.05, 0.1) is 11.0 Å². The van der Waals surface area contributed by atoms with Crippen molar-refractivity contribution in [2.75, 3.05) is 0 Å². The summed E-state index contributed by atoms with van der Waals surface area (Å²) in [5, 5.41) is 20.4. The molecular formula is C11H15NO3. The molecule has 0 radical (unpaired) electrons. The Balaban J connectivity index is 2.89. The lowest BCUT2D eigenvalue weighted by molar-refractivity contribution is -0.385. The summed E-state index contributed by atoms with van der Waals surface area (Å²) in [5.74, 6) is 0.102. The van der Waals surface area contributed by atoms with E-state index in [9.17, 15) is 15.2 Å². The Morgan fingerprint density at radius 1 is 1.40 bits per heavy atom. The molecule has 0 aromatic heterocycles. The lowest BCUT2D eigenvalue weighted by Crippen LogP contribution is -2.18. The highest BCUT2D eigenvalue weighted by molar-refractivity contribution is 5.40. The van der Waals surface area contributed by atoms with Gasteiger partial charge in [0.1, 0.15) is 0 Å². The van der Waals surface area contributed by atoms with Crippen LogP contribution < -0.4 is 0 Å². The summed E-state index contributed by atoms with van der Waals surface area (Å²) in [6.07, 6.45) is -0.208. The lowest BCUT2D eigenvalue weighted by Gasteiger charge is -2.13. The third-order valence-electron chi connectivity index (χ3n) is 2.39. The number of nitro benzene ring substituents is 1. The van der Waals surface area contributed by atoms with Crippen molar-refractivity contribution in [3.63, 3.8) is 0 Å². The molecule has 0 aliphatic carbocycles. The molecule has 0 bridgehead atoms. The van der Waals surface area contributed by atoms with E-state index in [4.69, 9.17) is 0 Å². The summed E-state index contributed by atoms with van der Waals surface area (Å²) >= 11 is 0. The van der Waals surface area contributed by atoms with Crippen molar-refractivity contribution < 1.29 is 10.0 Å². The first-order valence-electron chi connectivity index (χ1n) is 4.92. The molecule has 0 aliphatic rings. The van der Waals surface area contributed by atoms with E-state index in [0.29, 0.717) is 12.0 Å². The molecule has 82 valence electrons. The number of hydrogen-bond donors (Lipinski definition) is 1. The van der Waals surface area contributed by atoms with Gasteiger partial charge in [-0.15, -0.1) is 0 Å². The molecule has 1 atom stereocenters. The molecular weight excluding hydrogens is 194 g/mol. The first-order valence-corrected chi connectivity index (χ1v) is 4.92. The van der Waals surface area contributed by atoms with E-state index in [1.807, 2.05) is 13.8 Å². The summed E-state index contributed by atoms with van der Waals surface area (Å²) < 4.78 is 0. The summed E-state index contributed by atoms with van der Waals surface area (Å²) in [4.78, 5) is 10.3. The van der Waals surface area contributed by atoms with Crippen molar-refractivity contribution in [3.05, 3.63) is 39.9 Å². The number of aliphatic hydroxyl groups is 1. The highest BCUT2D eigenvalue weighted by Crippen LogP contribution is 2.20. The number of aliphatic hydroxyl groups excluding tert-OH is 1. The van der Waals surface area contributed by atoms with Crippen LogP contribution in [0.3, 0.4) is 0 Å². The molecule has 0 saturated heterocycles. The van der Waals surface area contributed by atoms with Crippen LogP contribution in [-0.2, 0) is 6.42 Å². The third kappa shape index (κ3) is 3.02. The maximum atomic E-state index is 10.7. The van der Waals surface area contributed by atoms with Crippen molar-refractivity contribution in [3.8, 4) is 0 Å². The highest BCUT2D eigenvalue weighted by atomic mass is 16.6. The second-order valence-corrected chi connectivity index (χ2v) is 3.90. The van der Waals surface area contributed by atoms with E-state index >= 15 is 0 Å². The zero-order valence-electron chi connectivity index (χ0n) is 8.88. The van der Waals surface area contributed by atoms with Gasteiger partial charge in [-0.3, -0.25) is 10.1 Å². The molecule has 0 heterocycles. The maximum absolute atomic E-state index is 10.7. The van der Waals surface area contributed by atoms with E-state index in [1.165, 1.54) is 6.07 Å². The molecule has 0 spiro atoms. The van der Waals surface area contributed by atoms with Crippen molar-refractivity contribution in [1.82, 2.24) is 0 Å². The summed E-state index contributed by atoms with van der Waals surface area (Å²) in [6.45, 7) is 3.78. The third-order valence-corrected chi connectivity index (χ3v) is 2.39. The zero-order chi connectivity index (χ0) is 11.4. The zero-order valence-corrected chi connectivity index (χ0v) is 8.88. The van der Waals surface area contributed by atoms with E-state index in [1.54, 1.807) is 18.2 Å². The second-order valence-electron chi connectivity index (χ2n) is 3.90. The lowest BCUT2D eigenvalue weighted by atomic mass is 9.98. The first-order chi connectivity index (χ1) is 7.02.